The number of anilines is 1. The number of amides is 3. The molecule has 0 spiro atoms. The Morgan fingerprint density at radius 1 is 1.16 bits per heavy atom. The largest absolute Gasteiger partial charge is 0.455 e. The number of hydrogen-bond acceptors (Lipinski definition) is 5. The van der Waals surface area contributed by atoms with E-state index < -0.39 is 30.3 Å². The molecule has 0 aromatic heterocycles. The van der Waals surface area contributed by atoms with Crippen LogP contribution in [0.25, 0.3) is 0 Å². The van der Waals surface area contributed by atoms with Crippen LogP contribution in [-0.4, -0.2) is 41.9 Å². The number of carbonyl (C=O) groups excluding carboxylic acids is 4. The molecule has 1 atom stereocenters. The van der Waals surface area contributed by atoms with E-state index in [-0.39, 0.29) is 18.9 Å². The van der Waals surface area contributed by atoms with Gasteiger partial charge in [0.25, 0.3) is 11.8 Å². The lowest BCUT2D eigenvalue weighted by atomic mass is 10.1. The number of hydrazine groups is 1. The summed E-state index contributed by atoms with van der Waals surface area (Å²) in [4.78, 5) is 49.1. The first-order chi connectivity index (χ1) is 15.3. The molecule has 0 bridgehead atoms. The number of ether oxygens (including phenoxy) is 1. The summed E-state index contributed by atoms with van der Waals surface area (Å²) < 4.78 is 6.01. The monoisotopic (exact) mass is 501 g/mol. The van der Waals surface area contributed by atoms with Gasteiger partial charge in [-0.3, -0.25) is 29.6 Å². The molecule has 3 rings (SSSR count). The Kier molecular flexibility index (Phi) is 7.63. The molecule has 8 nitrogen and oxygen atoms in total. The Balaban J connectivity index is 1.49. The third-order valence-electron chi connectivity index (χ3n) is 5.08. The molecule has 0 aliphatic carbocycles. The van der Waals surface area contributed by atoms with Crippen molar-refractivity contribution in [1.82, 2.24) is 10.4 Å². The first-order valence-electron chi connectivity index (χ1n) is 10.2. The van der Waals surface area contributed by atoms with Crippen molar-refractivity contribution >= 4 is 45.3 Å². The van der Waals surface area contributed by atoms with E-state index >= 15 is 0 Å². The van der Waals surface area contributed by atoms with Gasteiger partial charge in [-0.05, 0) is 49.2 Å². The quantitative estimate of drug-likeness (QED) is 0.567. The number of nitrogens with one attached hydrogen (secondary N) is 2. The lowest BCUT2D eigenvalue weighted by Gasteiger charge is -2.17. The predicted molar refractivity (Wildman–Crippen MR) is 122 cm³/mol. The van der Waals surface area contributed by atoms with Gasteiger partial charge in [-0.2, -0.15) is 0 Å². The van der Waals surface area contributed by atoms with E-state index in [0.29, 0.717) is 11.3 Å². The lowest BCUT2D eigenvalue weighted by Crippen LogP contribution is -2.43. The average Bonchev–Trinajstić information content (AvgIpc) is 3.13. The number of nitrogens with zero attached hydrogens (tertiary/aromatic N) is 1. The second-order valence-electron chi connectivity index (χ2n) is 7.52. The van der Waals surface area contributed by atoms with Crippen LogP contribution in [0.1, 0.15) is 34.8 Å². The summed E-state index contributed by atoms with van der Waals surface area (Å²) in [6.07, 6.45) is 0.629. The van der Waals surface area contributed by atoms with Gasteiger partial charge in [-0.15, -0.1) is 0 Å². The Hall–Kier alpha value is -3.20. The molecule has 1 aliphatic rings. The molecule has 1 aliphatic heterocycles. The van der Waals surface area contributed by atoms with E-state index in [1.165, 1.54) is 0 Å². The maximum Gasteiger partial charge on any atom is 0.311 e. The highest BCUT2D eigenvalue weighted by atomic mass is 79.9. The second kappa shape index (κ2) is 10.4. The van der Waals surface area contributed by atoms with Crippen molar-refractivity contribution in [2.75, 3.05) is 18.5 Å². The minimum absolute atomic E-state index is 0.0103. The van der Waals surface area contributed by atoms with E-state index in [0.717, 1.165) is 27.0 Å². The first kappa shape index (κ1) is 23.5. The van der Waals surface area contributed by atoms with Crippen LogP contribution in [-0.2, 0) is 25.5 Å². The summed E-state index contributed by atoms with van der Waals surface area (Å²) in [5.74, 6) is -2.71. The van der Waals surface area contributed by atoms with E-state index in [9.17, 15) is 19.2 Å². The van der Waals surface area contributed by atoms with Crippen LogP contribution >= 0.6 is 15.9 Å². The van der Waals surface area contributed by atoms with E-state index in [2.05, 4.69) is 26.7 Å². The van der Waals surface area contributed by atoms with Crippen molar-refractivity contribution in [3.63, 3.8) is 0 Å². The standard InChI is InChI=1S/C23H24BrN3O5/c1-3-15-10-18(24)8-9-19(15)25-20(28)13-32-23(31)17-11-21(29)27(12-17)26-22(30)16-6-4-14(2)5-7-16/h4-10,17H,3,11-13H2,1-2H3,(H,25,28)(H,26,30)/t17-/m1/s1. The van der Waals surface area contributed by atoms with Crippen molar-refractivity contribution in [1.29, 1.82) is 0 Å². The smallest absolute Gasteiger partial charge is 0.311 e. The molecule has 168 valence electrons. The first-order valence-corrected chi connectivity index (χ1v) is 11.0. The fourth-order valence-electron chi connectivity index (χ4n) is 3.28. The maximum absolute atomic E-state index is 12.4. The molecule has 0 radical (unpaired) electrons. The van der Waals surface area contributed by atoms with Gasteiger partial charge in [0.15, 0.2) is 6.61 Å². The number of halogens is 1. The molecule has 9 heteroatoms. The molecule has 2 N–H and O–H groups in total. The van der Waals surface area contributed by atoms with Crippen LogP contribution in [0.15, 0.2) is 46.9 Å². The molecule has 1 heterocycles. The van der Waals surface area contributed by atoms with Crippen LogP contribution < -0.4 is 10.7 Å². The number of carbonyl (C=O) groups is 4. The summed E-state index contributed by atoms with van der Waals surface area (Å²) in [6, 6.07) is 12.4. The Labute approximate surface area is 194 Å². The zero-order valence-corrected chi connectivity index (χ0v) is 19.4. The fraction of sp³-hybridized carbons (Fsp3) is 0.304. The van der Waals surface area contributed by atoms with Crippen molar-refractivity contribution < 1.29 is 23.9 Å². The van der Waals surface area contributed by atoms with E-state index in [1.807, 2.05) is 26.0 Å². The summed E-state index contributed by atoms with van der Waals surface area (Å²) in [7, 11) is 0. The Morgan fingerprint density at radius 3 is 2.56 bits per heavy atom. The number of rotatable bonds is 7. The van der Waals surface area contributed by atoms with E-state index in [4.69, 9.17) is 4.74 Å². The molecule has 32 heavy (non-hydrogen) atoms. The van der Waals surface area contributed by atoms with Gasteiger partial charge >= 0.3 is 5.97 Å². The fourth-order valence-corrected chi connectivity index (χ4v) is 3.69. The number of aryl methyl sites for hydroxylation is 2. The van der Waals surface area contributed by atoms with Gasteiger partial charge in [0.2, 0.25) is 5.91 Å². The number of hydrogen-bond donors (Lipinski definition) is 2. The second-order valence-corrected chi connectivity index (χ2v) is 8.44. The van der Waals surface area contributed by atoms with Crippen LogP contribution in [0.4, 0.5) is 5.69 Å². The average molecular weight is 502 g/mol. The molecular weight excluding hydrogens is 478 g/mol. The normalized spacial score (nSPS) is 15.4. The minimum atomic E-state index is -0.757. The van der Waals surface area contributed by atoms with Gasteiger partial charge in [-0.25, -0.2) is 0 Å². The summed E-state index contributed by atoms with van der Waals surface area (Å²) in [5, 5.41) is 3.84. The third-order valence-corrected chi connectivity index (χ3v) is 5.57. The Morgan fingerprint density at radius 2 is 1.88 bits per heavy atom. The van der Waals surface area contributed by atoms with Crippen molar-refractivity contribution in [2.24, 2.45) is 5.92 Å². The molecule has 2 aromatic rings. The van der Waals surface area contributed by atoms with Gasteiger partial charge < -0.3 is 10.1 Å². The Bertz CT molecular complexity index is 1040. The highest BCUT2D eigenvalue weighted by Gasteiger charge is 2.36. The summed E-state index contributed by atoms with van der Waals surface area (Å²) in [5.41, 5.74) is 5.53. The third kappa shape index (κ3) is 5.94. The SMILES string of the molecule is CCc1cc(Br)ccc1NC(=O)COC(=O)[C@@H]1CC(=O)N(NC(=O)c2ccc(C)cc2)C1. The maximum atomic E-state index is 12.4. The van der Waals surface area contributed by atoms with Crippen molar-refractivity contribution in [3.8, 4) is 0 Å². The molecule has 1 saturated heterocycles. The molecular formula is C23H24BrN3O5. The van der Waals surface area contributed by atoms with Gasteiger partial charge in [0.1, 0.15) is 0 Å². The summed E-state index contributed by atoms with van der Waals surface area (Å²) >= 11 is 3.39. The highest BCUT2D eigenvalue weighted by Crippen LogP contribution is 2.22. The molecule has 3 amide bonds. The molecule has 2 aromatic carbocycles. The van der Waals surface area contributed by atoms with Crippen molar-refractivity contribution in [2.45, 2.75) is 26.7 Å². The van der Waals surface area contributed by atoms with Gasteiger partial charge in [-0.1, -0.05) is 40.5 Å². The lowest BCUT2D eigenvalue weighted by molar-refractivity contribution is -0.151. The van der Waals surface area contributed by atoms with E-state index in [1.54, 1.807) is 30.3 Å². The zero-order chi connectivity index (χ0) is 23.3. The van der Waals surface area contributed by atoms with Gasteiger partial charge in [0, 0.05) is 22.1 Å². The molecule has 1 fully saturated rings. The van der Waals surface area contributed by atoms with Crippen LogP contribution in [0, 0.1) is 12.8 Å². The topological polar surface area (TPSA) is 105 Å². The minimum Gasteiger partial charge on any atom is -0.455 e. The van der Waals surface area contributed by atoms with Crippen molar-refractivity contribution in [3.05, 3.63) is 63.6 Å². The van der Waals surface area contributed by atoms with Crippen LogP contribution in [0.2, 0.25) is 0 Å². The summed E-state index contributed by atoms with van der Waals surface area (Å²) in [6.45, 7) is 3.41. The van der Waals surface area contributed by atoms with Gasteiger partial charge in [0.05, 0.1) is 12.5 Å². The van der Waals surface area contributed by atoms with Crippen LogP contribution in [0.3, 0.4) is 0 Å². The zero-order valence-electron chi connectivity index (χ0n) is 17.8. The molecule has 0 saturated carbocycles. The predicted octanol–water partition coefficient (Wildman–Crippen LogP) is 3.00. The molecule has 0 unspecified atom stereocenters. The number of esters is 1. The highest BCUT2D eigenvalue weighted by molar-refractivity contribution is 9.10. The number of benzene rings is 2. The van der Waals surface area contributed by atoms with Crippen LogP contribution in [0.5, 0.6) is 0 Å².